The van der Waals surface area contributed by atoms with E-state index in [4.69, 9.17) is 15.0 Å². The average molecular weight is 367 g/mol. The zero-order valence-electron chi connectivity index (χ0n) is 15.3. The third-order valence-corrected chi connectivity index (χ3v) is 7.04. The lowest BCUT2D eigenvalue weighted by molar-refractivity contribution is -0.199. The van der Waals surface area contributed by atoms with E-state index in [1.807, 2.05) is 0 Å². The number of halogens is 3. The van der Waals surface area contributed by atoms with Crippen LogP contribution in [0, 0.1) is 17.3 Å². The fourth-order valence-electron chi connectivity index (χ4n) is 5.33. The summed E-state index contributed by atoms with van der Waals surface area (Å²) in [5.41, 5.74) is 6.06. The summed E-state index contributed by atoms with van der Waals surface area (Å²) in [5, 5.41) is 0. The van der Waals surface area contributed by atoms with Crippen molar-refractivity contribution < 1.29 is 22.5 Å². The van der Waals surface area contributed by atoms with E-state index in [1.54, 1.807) is 6.07 Å². The van der Waals surface area contributed by atoms with Crippen LogP contribution in [0.4, 0.5) is 13.2 Å². The molecule has 5 rings (SSSR count). The summed E-state index contributed by atoms with van der Waals surface area (Å²) in [6.45, 7) is 6.68. The molecule has 2 N–H and O–H groups in total. The Kier molecular flexibility index (Phi) is 4.03. The van der Waals surface area contributed by atoms with Crippen LogP contribution in [0.2, 0.25) is 0 Å². The van der Waals surface area contributed by atoms with Gasteiger partial charge in [-0.2, -0.15) is 13.2 Å². The van der Waals surface area contributed by atoms with Gasteiger partial charge in [-0.3, -0.25) is 0 Å². The van der Waals surface area contributed by atoms with Crippen molar-refractivity contribution in [3.63, 3.8) is 0 Å². The van der Waals surface area contributed by atoms with Crippen LogP contribution in [-0.4, -0.2) is 24.8 Å². The van der Waals surface area contributed by atoms with Gasteiger partial charge in [0.2, 0.25) is 0 Å². The highest BCUT2D eigenvalue weighted by Gasteiger charge is 2.68. The Morgan fingerprint density at radius 3 is 2.65 bits per heavy atom. The fraction of sp³-hybridized carbons (Fsp3) is 0.684. The molecule has 3 saturated carbocycles. The predicted molar refractivity (Wildman–Crippen MR) is 93.2 cm³/mol. The molecule has 2 bridgehead atoms. The lowest BCUT2D eigenvalue weighted by Gasteiger charge is -2.64. The third kappa shape index (κ3) is 2.71. The van der Waals surface area contributed by atoms with Crippen molar-refractivity contribution in [2.75, 3.05) is 0 Å². The molecular formula is C19H25BF3NO2. The molecule has 7 heteroatoms. The molecule has 1 aromatic rings. The van der Waals surface area contributed by atoms with E-state index in [0.29, 0.717) is 17.4 Å². The number of nitrogens with two attached hydrogens (primary N) is 1. The molecule has 26 heavy (non-hydrogen) atoms. The molecule has 3 aliphatic carbocycles. The quantitative estimate of drug-likeness (QED) is 0.826. The van der Waals surface area contributed by atoms with Crippen LogP contribution in [0.5, 0.6) is 0 Å². The van der Waals surface area contributed by atoms with Crippen LogP contribution in [-0.2, 0) is 21.9 Å². The molecule has 1 aliphatic heterocycles. The number of hydrogen-bond acceptors (Lipinski definition) is 3. The molecule has 1 heterocycles. The minimum absolute atomic E-state index is 0.0248. The highest BCUT2D eigenvalue weighted by atomic mass is 19.4. The average Bonchev–Trinajstić information content (AvgIpc) is 2.91. The van der Waals surface area contributed by atoms with Crippen molar-refractivity contribution in [2.24, 2.45) is 23.0 Å². The number of hydrogen-bond donors (Lipinski definition) is 1. The molecule has 3 nitrogen and oxygen atoms in total. The first-order chi connectivity index (χ1) is 12.0. The first-order valence-electron chi connectivity index (χ1n) is 9.27. The third-order valence-electron chi connectivity index (χ3n) is 7.04. The lowest BCUT2D eigenvalue weighted by Crippen LogP contribution is -2.65. The molecule has 142 valence electrons. The highest BCUT2D eigenvalue weighted by molar-refractivity contribution is 6.47. The van der Waals surface area contributed by atoms with Gasteiger partial charge in [0.05, 0.1) is 17.3 Å². The van der Waals surface area contributed by atoms with Crippen molar-refractivity contribution in [1.29, 1.82) is 0 Å². The van der Waals surface area contributed by atoms with E-state index in [9.17, 15) is 13.2 Å². The molecule has 4 aliphatic rings. The molecule has 0 amide bonds. The van der Waals surface area contributed by atoms with Crippen molar-refractivity contribution in [2.45, 2.75) is 63.9 Å². The van der Waals surface area contributed by atoms with Gasteiger partial charge in [0.15, 0.2) is 0 Å². The van der Waals surface area contributed by atoms with Gasteiger partial charge in [0.25, 0.3) is 0 Å². The Labute approximate surface area is 152 Å². The molecule has 1 saturated heterocycles. The number of rotatable bonds is 3. The van der Waals surface area contributed by atoms with Crippen LogP contribution in [0.1, 0.15) is 44.7 Å². The SMILES string of the molecule is CC1(C)[C@@H]2C[C@H]3OB([C@@H](N)Cc4cccc(C(F)(F)F)c4)O[C@@]3(C)[C@H]1C2. The number of alkyl halides is 3. The van der Waals surface area contributed by atoms with Gasteiger partial charge in [-0.05, 0) is 55.1 Å². The second kappa shape index (κ2) is 5.73. The maximum atomic E-state index is 12.9. The second-order valence-corrected chi connectivity index (χ2v) is 8.90. The Morgan fingerprint density at radius 1 is 1.27 bits per heavy atom. The van der Waals surface area contributed by atoms with Crippen LogP contribution in [0.3, 0.4) is 0 Å². The first kappa shape index (κ1) is 18.3. The molecule has 1 aromatic carbocycles. The smallest absolute Gasteiger partial charge is 0.404 e. The van der Waals surface area contributed by atoms with E-state index in [1.165, 1.54) is 6.07 Å². The van der Waals surface area contributed by atoms with Gasteiger partial charge in [0, 0.05) is 5.94 Å². The second-order valence-electron chi connectivity index (χ2n) is 8.90. The lowest BCUT2D eigenvalue weighted by atomic mass is 9.43. The maximum absolute atomic E-state index is 12.9. The van der Waals surface area contributed by atoms with Crippen LogP contribution >= 0.6 is 0 Å². The van der Waals surface area contributed by atoms with Crippen molar-refractivity contribution in [3.8, 4) is 0 Å². The van der Waals surface area contributed by atoms with Gasteiger partial charge >= 0.3 is 13.3 Å². The standard InChI is InChI=1S/C19H25BF3NO2/c1-17(2)13-9-14(17)18(3)15(10-13)25-20(26-18)16(24)8-11-5-4-6-12(7-11)19(21,22)23/h4-7,13-16H,8-10,24H2,1-3H3/t13-,14-,15+,16-,18-/m0/s1. The van der Waals surface area contributed by atoms with E-state index in [0.717, 1.165) is 25.0 Å². The molecule has 5 atom stereocenters. The van der Waals surface area contributed by atoms with Crippen LogP contribution in [0.15, 0.2) is 24.3 Å². The number of benzene rings is 1. The van der Waals surface area contributed by atoms with Gasteiger partial charge < -0.3 is 15.0 Å². The Hall–Kier alpha value is -1.05. The minimum Gasteiger partial charge on any atom is -0.404 e. The van der Waals surface area contributed by atoms with Crippen LogP contribution in [0.25, 0.3) is 0 Å². The summed E-state index contributed by atoms with van der Waals surface area (Å²) in [6, 6.07) is 5.31. The normalized spacial score (nSPS) is 36.4. The van der Waals surface area contributed by atoms with E-state index in [-0.39, 0.29) is 23.5 Å². The van der Waals surface area contributed by atoms with Crippen molar-refractivity contribution >= 4 is 7.12 Å². The Bertz CT molecular complexity index is 710. The molecule has 0 unspecified atom stereocenters. The molecule has 0 aromatic heterocycles. The maximum Gasteiger partial charge on any atom is 0.475 e. The van der Waals surface area contributed by atoms with E-state index in [2.05, 4.69) is 20.8 Å². The largest absolute Gasteiger partial charge is 0.475 e. The van der Waals surface area contributed by atoms with E-state index >= 15 is 0 Å². The Balaban J connectivity index is 1.47. The topological polar surface area (TPSA) is 44.5 Å². The van der Waals surface area contributed by atoms with Crippen LogP contribution < -0.4 is 5.73 Å². The summed E-state index contributed by atoms with van der Waals surface area (Å²) in [4.78, 5) is 0. The molecule has 4 fully saturated rings. The summed E-state index contributed by atoms with van der Waals surface area (Å²) in [7, 11) is -0.574. The zero-order valence-corrected chi connectivity index (χ0v) is 15.3. The van der Waals surface area contributed by atoms with Gasteiger partial charge in [-0.1, -0.05) is 32.0 Å². The fourth-order valence-corrected chi connectivity index (χ4v) is 5.33. The molecule has 0 spiro atoms. The first-order valence-corrected chi connectivity index (χ1v) is 9.27. The summed E-state index contributed by atoms with van der Waals surface area (Å²) < 4.78 is 51.1. The molecular weight excluding hydrogens is 342 g/mol. The van der Waals surface area contributed by atoms with Gasteiger partial charge in [-0.15, -0.1) is 0 Å². The zero-order chi connectivity index (χ0) is 18.9. The van der Waals surface area contributed by atoms with Gasteiger partial charge in [-0.25, -0.2) is 0 Å². The van der Waals surface area contributed by atoms with Crippen molar-refractivity contribution in [3.05, 3.63) is 35.4 Å². The predicted octanol–water partition coefficient (Wildman–Crippen LogP) is 3.84. The highest BCUT2D eigenvalue weighted by Crippen LogP contribution is 2.65. The molecule has 0 radical (unpaired) electrons. The van der Waals surface area contributed by atoms with Gasteiger partial charge in [0.1, 0.15) is 0 Å². The monoisotopic (exact) mass is 367 g/mol. The van der Waals surface area contributed by atoms with Crippen molar-refractivity contribution in [1.82, 2.24) is 0 Å². The minimum atomic E-state index is -4.35. The summed E-state index contributed by atoms with van der Waals surface area (Å²) in [6.07, 6.45) is -1.92. The summed E-state index contributed by atoms with van der Waals surface area (Å²) >= 11 is 0. The Morgan fingerprint density at radius 2 is 2.00 bits per heavy atom. The summed E-state index contributed by atoms with van der Waals surface area (Å²) in [5.74, 6) is 0.582. The van der Waals surface area contributed by atoms with E-state index < -0.39 is 24.8 Å².